The number of aromatic nitrogens is 1. The van der Waals surface area contributed by atoms with Gasteiger partial charge in [-0.25, -0.2) is 4.98 Å². The van der Waals surface area contributed by atoms with Crippen LogP contribution in [0.5, 0.6) is 0 Å². The van der Waals surface area contributed by atoms with E-state index in [1.807, 2.05) is 38.4 Å². The second-order valence-corrected chi connectivity index (χ2v) is 4.58. The molecule has 1 unspecified atom stereocenters. The molecule has 2 N–H and O–H groups in total. The number of pyridine rings is 1. The maximum absolute atomic E-state index is 5.90. The van der Waals surface area contributed by atoms with Crippen molar-refractivity contribution in [2.24, 2.45) is 5.73 Å². The zero-order valence-corrected chi connectivity index (χ0v) is 11.1. The van der Waals surface area contributed by atoms with Crippen molar-refractivity contribution in [3.05, 3.63) is 53.7 Å². The summed E-state index contributed by atoms with van der Waals surface area (Å²) in [7, 11) is 2.02. The van der Waals surface area contributed by atoms with Crippen LogP contribution in [0.4, 0.5) is 11.5 Å². The van der Waals surface area contributed by atoms with Crippen molar-refractivity contribution in [3.8, 4) is 0 Å². The second-order valence-electron chi connectivity index (χ2n) is 4.58. The first-order chi connectivity index (χ1) is 8.59. The van der Waals surface area contributed by atoms with Gasteiger partial charge in [0.2, 0.25) is 0 Å². The van der Waals surface area contributed by atoms with Crippen LogP contribution in [0.1, 0.15) is 24.1 Å². The first-order valence-electron chi connectivity index (χ1n) is 6.10. The molecule has 2 aromatic rings. The van der Waals surface area contributed by atoms with Gasteiger partial charge in [0.15, 0.2) is 0 Å². The number of rotatable bonds is 3. The van der Waals surface area contributed by atoms with Crippen molar-refractivity contribution in [3.63, 3.8) is 0 Å². The van der Waals surface area contributed by atoms with Gasteiger partial charge in [0.1, 0.15) is 5.82 Å². The van der Waals surface area contributed by atoms with E-state index in [1.165, 1.54) is 5.56 Å². The number of anilines is 2. The maximum Gasteiger partial charge on any atom is 0.132 e. The van der Waals surface area contributed by atoms with Crippen molar-refractivity contribution < 1.29 is 0 Å². The fourth-order valence-corrected chi connectivity index (χ4v) is 2.00. The summed E-state index contributed by atoms with van der Waals surface area (Å²) in [5, 5.41) is 0. The van der Waals surface area contributed by atoms with Crippen LogP contribution in [0.3, 0.4) is 0 Å². The molecular formula is C15H19N3. The highest BCUT2D eigenvalue weighted by molar-refractivity contribution is 5.59. The molecule has 3 nitrogen and oxygen atoms in total. The van der Waals surface area contributed by atoms with Crippen molar-refractivity contribution >= 4 is 11.5 Å². The zero-order chi connectivity index (χ0) is 13.1. The third-order valence-electron chi connectivity index (χ3n) is 3.11. The van der Waals surface area contributed by atoms with Crippen LogP contribution < -0.4 is 10.6 Å². The topological polar surface area (TPSA) is 42.2 Å². The van der Waals surface area contributed by atoms with Crippen molar-refractivity contribution in [2.75, 3.05) is 11.9 Å². The van der Waals surface area contributed by atoms with Crippen LogP contribution >= 0.6 is 0 Å². The van der Waals surface area contributed by atoms with Crippen molar-refractivity contribution in [1.82, 2.24) is 4.98 Å². The second kappa shape index (κ2) is 5.19. The molecule has 0 fully saturated rings. The third-order valence-corrected chi connectivity index (χ3v) is 3.11. The van der Waals surface area contributed by atoms with Gasteiger partial charge in [-0.3, -0.25) is 0 Å². The van der Waals surface area contributed by atoms with E-state index in [-0.39, 0.29) is 6.04 Å². The van der Waals surface area contributed by atoms with E-state index in [0.717, 1.165) is 17.1 Å². The van der Waals surface area contributed by atoms with Gasteiger partial charge < -0.3 is 10.6 Å². The number of benzene rings is 1. The Morgan fingerprint density at radius 2 is 1.89 bits per heavy atom. The van der Waals surface area contributed by atoms with Crippen LogP contribution in [-0.2, 0) is 0 Å². The molecule has 0 bridgehead atoms. The molecule has 94 valence electrons. The van der Waals surface area contributed by atoms with Gasteiger partial charge in [0.25, 0.3) is 0 Å². The van der Waals surface area contributed by atoms with E-state index in [4.69, 9.17) is 5.73 Å². The number of aryl methyl sites for hydroxylation is 1. The SMILES string of the molecule is Cc1cc(N(C)c2ccccc2)ncc1C(C)N. The molecule has 0 radical (unpaired) electrons. The minimum atomic E-state index is 0.0218. The Balaban J connectivity index is 2.32. The molecule has 0 aliphatic carbocycles. The number of hydrogen-bond donors (Lipinski definition) is 1. The van der Waals surface area contributed by atoms with Gasteiger partial charge in [0, 0.05) is 25.0 Å². The Kier molecular flexibility index (Phi) is 3.63. The standard InChI is InChI=1S/C15H19N3/c1-11-9-15(17-10-14(11)12(2)16)18(3)13-7-5-4-6-8-13/h4-10,12H,16H2,1-3H3. The van der Waals surface area contributed by atoms with Crippen LogP contribution in [0.25, 0.3) is 0 Å². The van der Waals surface area contributed by atoms with Crippen molar-refractivity contribution in [2.45, 2.75) is 19.9 Å². The average Bonchev–Trinajstić information content (AvgIpc) is 2.38. The lowest BCUT2D eigenvalue weighted by Gasteiger charge is -2.20. The largest absolute Gasteiger partial charge is 0.329 e. The summed E-state index contributed by atoms with van der Waals surface area (Å²) in [5.74, 6) is 0.933. The highest BCUT2D eigenvalue weighted by atomic mass is 15.2. The van der Waals surface area contributed by atoms with E-state index >= 15 is 0 Å². The molecule has 1 aromatic heterocycles. The normalized spacial score (nSPS) is 12.2. The Hall–Kier alpha value is -1.87. The summed E-state index contributed by atoms with van der Waals surface area (Å²) in [4.78, 5) is 6.55. The molecule has 18 heavy (non-hydrogen) atoms. The molecule has 0 spiro atoms. The summed E-state index contributed by atoms with van der Waals surface area (Å²) >= 11 is 0. The molecule has 0 amide bonds. The fourth-order valence-electron chi connectivity index (χ4n) is 2.00. The van der Waals surface area contributed by atoms with Gasteiger partial charge in [0.05, 0.1) is 0 Å². The lowest BCUT2D eigenvalue weighted by molar-refractivity contribution is 0.802. The first kappa shape index (κ1) is 12.6. The van der Waals surface area contributed by atoms with E-state index in [2.05, 4.69) is 35.0 Å². The maximum atomic E-state index is 5.90. The molecule has 3 heteroatoms. The van der Waals surface area contributed by atoms with Gasteiger partial charge in [-0.1, -0.05) is 18.2 Å². The molecule has 0 aliphatic heterocycles. The quantitative estimate of drug-likeness (QED) is 0.897. The van der Waals surface area contributed by atoms with Crippen LogP contribution in [-0.4, -0.2) is 12.0 Å². The molecule has 1 heterocycles. The van der Waals surface area contributed by atoms with Crippen LogP contribution in [0.2, 0.25) is 0 Å². The van der Waals surface area contributed by atoms with E-state index in [0.29, 0.717) is 0 Å². The molecule has 0 aliphatic rings. The summed E-state index contributed by atoms with van der Waals surface area (Å²) in [6.07, 6.45) is 1.87. The zero-order valence-electron chi connectivity index (χ0n) is 11.1. The lowest BCUT2D eigenvalue weighted by Crippen LogP contribution is -2.13. The van der Waals surface area contributed by atoms with Crippen LogP contribution in [0, 0.1) is 6.92 Å². The van der Waals surface area contributed by atoms with Gasteiger partial charge in [-0.2, -0.15) is 0 Å². The van der Waals surface area contributed by atoms with E-state index in [9.17, 15) is 0 Å². The fraction of sp³-hybridized carbons (Fsp3) is 0.267. The highest BCUT2D eigenvalue weighted by Crippen LogP contribution is 2.24. The lowest BCUT2D eigenvalue weighted by atomic mass is 10.1. The molecule has 1 atom stereocenters. The van der Waals surface area contributed by atoms with Crippen molar-refractivity contribution in [1.29, 1.82) is 0 Å². The molecule has 2 rings (SSSR count). The molecule has 1 aromatic carbocycles. The highest BCUT2D eigenvalue weighted by Gasteiger charge is 2.09. The minimum absolute atomic E-state index is 0.0218. The Morgan fingerprint density at radius 1 is 1.22 bits per heavy atom. The number of para-hydroxylation sites is 1. The smallest absolute Gasteiger partial charge is 0.132 e. The predicted octanol–water partition coefficient (Wildman–Crippen LogP) is 3.18. The van der Waals surface area contributed by atoms with Gasteiger partial charge >= 0.3 is 0 Å². The number of nitrogens with two attached hydrogens (primary N) is 1. The Morgan fingerprint density at radius 3 is 2.44 bits per heavy atom. The summed E-state index contributed by atoms with van der Waals surface area (Å²) < 4.78 is 0. The molecule has 0 saturated heterocycles. The number of nitrogens with zero attached hydrogens (tertiary/aromatic N) is 2. The predicted molar refractivity (Wildman–Crippen MR) is 76.1 cm³/mol. The first-order valence-corrected chi connectivity index (χ1v) is 6.10. The summed E-state index contributed by atoms with van der Waals surface area (Å²) in [6.45, 7) is 4.05. The average molecular weight is 241 g/mol. The summed E-state index contributed by atoms with van der Waals surface area (Å²) in [5.41, 5.74) is 9.30. The minimum Gasteiger partial charge on any atom is -0.329 e. The summed E-state index contributed by atoms with van der Waals surface area (Å²) in [6, 6.07) is 12.3. The van der Waals surface area contributed by atoms with E-state index < -0.39 is 0 Å². The van der Waals surface area contributed by atoms with Gasteiger partial charge in [-0.05, 0) is 43.2 Å². The monoisotopic (exact) mass is 241 g/mol. The Labute approximate surface area is 108 Å². The number of hydrogen-bond acceptors (Lipinski definition) is 3. The van der Waals surface area contributed by atoms with E-state index in [1.54, 1.807) is 0 Å². The molecule has 0 saturated carbocycles. The molecular weight excluding hydrogens is 222 g/mol. The van der Waals surface area contributed by atoms with Gasteiger partial charge in [-0.15, -0.1) is 0 Å². The van der Waals surface area contributed by atoms with Crippen LogP contribution in [0.15, 0.2) is 42.6 Å². The Bertz CT molecular complexity index is 521. The third kappa shape index (κ3) is 2.51.